The minimum Gasteiger partial charge on any atom is -0.303 e. The van der Waals surface area contributed by atoms with Gasteiger partial charge in [0.25, 0.3) is 0 Å². The van der Waals surface area contributed by atoms with E-state index in [9.17, 15) is 0 Å². The minimum atomic E-state index is 1.04. The summed E-state index contributed by atoms with van der Waals surface area (Å²) in [6.07, 6.45) is 18.1. The SMILES string of the molecule is C1CCC(CN(CC2CCCC2)CC2CCCC2)C1. The van der Waals surface area contributed by atoms with E-state index in [1.54, 1.807) is 0 Å². The molecular weight excluding hydrogens is 230 g/mol. The number of rotatable bonds is 6. The second kappa shape index (κ2) is 7.11. The summed E-state index contributed by atoms with van der Waals surface area (Å²) >= 11 is 0. The highest BCUT2D eigenvalue weighted by Gasteiger charge is 2.25. The van der Waals surface area contributed by atoms with Gasteiger partial charge >= 0.3 is 0 Å². The van der Waals surface area contributed by atoms with Gasteiger partial charge in [0.2, 0.25) is 0 Å². The largest absolute Gasteiger partial charge is 0.303 e. The molecule has 3 aliphatic carbocycles. The molecule has 0 aromatic heterocycles. The summed E-state index contributed by atoms with van der Waals surface area (Å²) in [5, 5.41) is 0. The Balaban J connectivity index is 1.49. The zero-order valence-corrected chi connectivity index (χ0v) is 12.8. The quantitative estimate of drug-likeness (QED) is 0.661. The van der Waals surface area contributed by atoms with Gasteiger partial charge < -0.3 is 4.90 Å². The van der Waals surface area contributed by atoms with Crippen LogP contribution in [0.5, 0.6) is 0 Å². The maximum Gasteiger partial charge on any atom is 0.000989 e. The van der Waals surface area contributed by atoms with Crippen LogP contribution in [-0.4, -0.2) is 24.5 Å². The van der Waals surface area contributed by atoms with Gasteiger partial charge in [0, 0.05) is 19.6 Å². The van der Waals surface area contributed by atoms with Crippen molar-refractivity contribution in [1.82, 2.24) is 4.90 Å². The van der Waals surface area contributed by atoms with E-state index >= 15 is 0 Å². The van der Waals surface area contributed by atoms with Crippen LogP contribution in [0.15, 0.2) is 0 Å². The lowest BCUT2D eigenvalue weighted by molar-refractivity contribution is 0.172. The molecule has 0 radical (unpaired) electrons. The molecular formula is C18H33N. The normalized spacial score (nSPS) is 27.0. The average Bonchev–Trinajstić information content (AvgIpc) is 3.10. The van der Waals surface area contributed by atoms with Crippen LogP contribution in [0, 0.1) is 17.8 Å². The topological polar surface area (TPSA) is 3.24 Å². The standard InChI is InChI=1S/C18H33N/c1-2-8-16(7-1)13-19(14-17-9-3-4-10-17)15-18-11-5-6-12-18/h16-18H,1-15H2. The highest BCUT2D eigenvalue weighted by Crippen LogP contribution is 2.31. The van der Waals surface area contributed by atoms with Crippen molar-refractivity contribution in [3.63, 3.8) is 0 Å². The van der Waals surface area contributed by atoms with Crippen LogP contribution >= 0.6 is 0 Å². The Bertz CT molecular complexity index is 202. The van der Waals surface area contributed by atoms with E-state index in [0.717, 1.165) is 17.8 Å². The van der Waals surface area contributed by atoms with E-state index in [1.807, 2.05) is 0 Å². The summed E-state index contributed by atoms with van der Waals surface area (Å²) in [4.78, 5) is 2.90. The third-order valence-electron chi connectivity index (χ3n) is 5.97. The lowest BCUT2D eigenvalue weighted by atomic mass is 10.0. The summed E-state index contributed by atoms with van der Waals surface area (Å²) in [6.45, 7) is 4.31. The second-order valence-corrected chi connectivity index (χ2v) is 7.67. The van der Waals surface area contributed by atoms with E-state index in [2.05, 4.69) is 4.90 Å². The van der Waals surface area contributed by atoms with E-state index in [-0.39, 0.29) is 0 Å². The first-order chi connectivity index (χ1) is 9.40. The van der Waals surface area contributed by atoms with Gasteiger partial charge in [-0.1, -0.05) is 38.5 Å². The van der Waals surface area contributed by atoms with Crippen molar-refractivity contribution < 1.29 is 0 Å². The molecule has 0 aromatic rings. The van der Waals surface area contributed by atoms with Gasteiger partial charge in [-0.25, -0.2) is 0 Å². The molecule has 0 bridgehead atoms. The number of nitrogens with zero attached hydrogens (tertiary/aromatic N) is 1. The first-order valence-electron chi connectivity index (χ1n) is 9.12. The van der Waals surface area contributed by atoms with Gasteiger partial charge in [0.1, 0.15) is 0 Å². The van der Waals surface area contributed by atoms with Crippen molar-refractivity contribution in [2.45, 2.75) is 77.0 Å². The highest BCUT2D eigenvalue weighted by molar-refractivity contribution is 4.79. The van der Waals surface area contributed by atoms with Gasteiger partial charge in [-0.2, -0.15) is 0 Å². The molecule has 0 N–H and O–H groups in total. The number of hydrogen-bond donors (Lipinski definition) is 0. The molecule has 0 spiro atoms. The first-order valence-corrected chi connectivity index (χ1v) is 9.12. The first kappa shape index (κ1) is 13.9. The van der Waals surface area contributed by atoms with Gasteiger partial charge in [-0.15, -0.1) is 0 Å². The molecule has 0 aromatic carbocycles. The molecule has 3 rings (SSSR count). The van der Waals surface area contributed by atoms with Gasteiger partial charge in [0.05, 0.1) is 0 Å². The van der Waals surface area contributed by atoms with Crippen molar-refractivity contribution in [2.75, 3.05) is 19.6 Å². The van der Waals surface area contributed by atoms with Crippen molar-refractivity contribution in [2.24, 2.45) is 17.8 Å². The Morgan fingerprint density at radius 1 is 0.474 bits per heavy atom. The van der Waals surface area contributed by atoms with Gasteiger partial charge in [0.15, 0.2) is 0 Å². The van der Waals surface area contributed by atoms with Crippen LogP contribution in [0.2, 0.25) is 0 Å². The molecule has 0 amide bonds. The molecule has 0 unspecified atom stereocenters. The van der Waals surface area contributed by atoms with E-state index in [4.69, 9.17) is 0 Å². The molecule has 1 nitrogen and oxygen atoms in total. The van der Waals surface area contributed by atoms with Gasteiger partial charge in [-0.05, 0) is 56.3 Å². The van der Waals surface area contributed by atoms with Crippen LogP contribution in [0.25, 0.3) is 0 Å². The van der Waals surface area contributed by atoms with Crippen LogP contribution in [-0.2, 0) is 0 Å². The summed E-state index contributed by atoms with van der Waals surface area (Å²) < 4.78 is 0. The van der Waals surface area contributed by atoms with Crippen molar-refractivity contribution in [3.05, 3.63) is 0 Å². The second-order valence-electron chi connectivity index (χ2n) is 7.67. The summed E-state index contributed by atoms with van der Waals surface area (Å²) in [6, 6.07) is 0. The third kappa shape index (κ3) is 4.21. The Kier molecular flexibility index (Phi) is 5.21. The molecule has 0 aliphatic heterocycles. The van der Waals surface area contributed by atoms with E-state index < -0.39 is 0 Å². The molecule has 19 heavy (non-hydrogen) atoms. The number of hydrogen-bond acceptors (Lipinski definition) is 1. The lowest BCUT2D eigenvalue weighted by Gasteiger charge is -2.30. The van der Waals surface area contributed by atoms with Crippen molar-refractivity contribution >= 4 is 0 Å². The molecule has 1 heteroatoms. The van der Waals surface area contributed by atoms with Crippen LogP contribution in [0.1, 0.15) is 77.0 Å². The zero-order chi connectivity index (χ0) is 12.9. The fourth-order valence-electron chi connectivity index (χ4n) is 4.90. The van der Waals surface area contributed by atoms with Crippen LogP contribution in [0.3, 0.4) is 0 Å². The molecule has 3 fully saturated rings. The van der Waals surface area contributed by atoms with E-state index in [1.165, 1.54) is 96.7 Å². The third-order valence-corrected chi connectivity index (χ3v) is 5.97. The van der Waals surface area contributed by atoms with Crippen LogP contribution in [0.4, 0.5) is 0 Å². The summed E-state index contributed by atoms with van der Waals surface area (Å²) in [7, 11) is 0. The van der Waals surface area contributed by atoms with Gasteiger partial charge in [-0.3, -0.25) is 0 Å². The molecule has 0 saturated heterocycles. The average molecular weight is 263 g/mol. The predicted molar refractivity (Wildman–Crippen MR) is 82.3 cm³/mol. The molecule has 3 saturated carbocycles. The summed E-state index contributed by atoms with van der Waals surface area (Å²) in [5.41, 5.74) is 0. The van der Waals surface area contributed by atoms with E-state index in [0.29, 0.717) is 0 Å². The smallest absolute Gasteiger partial charge is 0.000989 e. The lowest BCUT2D eigenvalue weighted by Crippen LogP contribution is -2.36. The zero-order valence-electron chi connectivity index (χ0n) is 12.8. The summed E-state index contributed by atoms with van der Waals surface area (Å²) in [5.74, 6) is 3.13. The Morgan fingerprint density at radius 3 is 1.00 bits per heavy atom. The minimum absolute atomic E-state index is 1.04. The Hall–Kier alpha value is -0.0400. The maximum absolute atomic E-state index is 2.90. The fraction of sp³-hybridized carbons (Fsp3) is 1.00. The Morgan fingerprint density at radius 2 is 0.737 bits per heavy atom. The molecule has 3 aliphatic rings. The fourth-order valence-corrected chi connectivity index (χ4v) is 4.90. The maximum atomic E-state index is 2.90. The molecule has 0 heterocycles. The predicted octanol–water partition coefficient (Wildman–Crippen LogP) is 4.86. The Labute approximate surface area is 120 Å². The highest BCUT2D eigenvalue weighted by atomic mass is 15.1. The monoisotopic (exact) mass is 263 g/mol. The van der Waals surface area contributed by atoms with Crippen molar-refractivity contribution in [3.8, 4) is 0 Å². The van der Waals surface area contributed by atoms with Crippen molar-refractivity contribution in [1.29, 1.82) is 0 Å². The van der Waals surface area contributed by atoms with Crippen LogP contribution < -0.4 is 0 Å². The molecule has 110 valence electrons. The molecule has 0 atom stereocenters.